The van der Waals surface area contributed by atoms with E-state index in [1.54, 1.807) is 31.4 Å². The standard InChI is InChI=1S/C16H15FN6O2/c1-22-10-12(8-19-22)20-15(24)16(25)21-14-6-7-18-23(14)9-11-4-2-3-5-13(11)17/h2-8,10H,9H2,1H3,(H,20,24)(H,21,25). The van der Waals surface area contributed by atoms with Crippen LogP contribution in [0, 0.1) is 5.82 Å². The lowest BCUT2D eigenvalue weighted by atomic mass is 10.2. The Hall–Kier alpha value is -3.49. The fourth-order valence-corrected chi connectivity index (χ4v) is 2.20. The van der Waals surface area contributed by atoms with E-state index < -0.39 is 11.8 Å². The molecule has 0 aliphatic heterocycles. The summed E-state index contributed by atoms with van der Waals surface area (Å²) in [4.78, 5) is 23.9. The molecule has 0 bridgehead atoms. The first-order valence-corrected chi connectivity index (χ1v) is 7.39. The molecular weight excluding hydrogens is 327 g/mol. The van der Waals surface area contributed by atoms with E-state index in [-0.39, 0.29) is 18.2 Å². The Labute approximate surface area is 142 Å². The lowest BCUT2D eigenvalue weighted by Crippen LogP contribution is -2.30. The molecule has 25 heavy (non-hydrogen) atoms. The maximum atomic E-state index is 13.7. The average Bonchev–Trinajstić information content (AvgIpc) is 3.19. The quantitative estimate of drug-likeness (QED) is 0.701. The molecule has 0 atom stereocenters. The normalized spacial score (nSPS) is 10.5. The summed E-state index contributed by atoms with van der Waals surface area (Å²) in [6, 6.07) is 7.79. The van der Waals surface area contributed by atoms with Crippen LogP contribution in [0.4, 0.5) is 15.9 Å². The molecule has 2 aromatic heterocycles. The van der Waals surface area contributed by atoms with Gasteiger partial charge in [0.25, 0.3) is 0 Å². The minimum Gasteiger partial charge on any atom is -0.315 e. The Bertz CT molecular complexity index is 917. The summed E-state index contributed by atoms with van der Waals surface area (Å²) < 4.78 is 16.6. The molecule has 3 aromatic rings. The second-order valence-corrected chi connectivity index (χ2v) is 5.28. The van der Waals surface area contributed by atoms with Crippen molar-refractivity contribution in [3.8, 4) is 0 Å². The van der Waals surface area contributed by atoms with Gasteiger partial charge in [-0.15, -0.1) is 0 Å². The summed E-state index contributed by atoms with van der Waals surface area (Å²) in [5.41, 5.74) is 0.823. The van der Waals surface area contributed by atoms with Gasteiger partial charge in [-0.2, -0.15) is 10.2 Å². The summed E-state index contributed by atoms with van der Waals surface area (Å²) in [5, 5.41) is 12.8. The van der Waals surface area contributed by atoms with Crippen molar-refractivity contribution < 1.29 is 14.0 Å². The lowest BCUT2D eigenvalue weighted by molar-refractivity contribution is -0.133. The number of carbonyl (C=O) groups excluding carboxylic acids is 2. The highest BCUT2D eigenvalue weighted by Crippen LogP contribution is 2.13. The zero-order valence-electron chi connectivity index (χ0n) is 13.3. The molecular formula is C16H15FN6O2. The number of amides is 2. The second-order valence-electron chi connectivity index (χ2n) is 5.28. The van der Waals surface area contributed by atoms with Crippen LogP contribution in [-0.4, -0.2) is 31.4 Å². The molecule has 9 heteroatoms. The van der Waals surface area contributed by atoms with Gasteiger partial charge in [-0.05, 0) is 6.07 Å². The topological polar surface area (TPSA) is 93.8 Å². The van der Waals surface area contributed by atoms with Crippen molar-refractivity contribution in [3.63, 3.8) is 0 Å². The van der Waals surface area contributed by atoms with Crippen molar-refractivity contribution >= 4 is 23.3 Å². The number of aromatic nitrogens is 4. The van der Waals surface area contributed by atoms with Crippen molar-refractivity contribution in [2.24, 2.45) is 7.05 Å². The number of hydrogen-bond donors (Lipinski definition) is 2. The molecule has 2 heterocycles. The lowest BCUT2D eigenvalue weighted by Gasteiger charge is -2.09. The van der Waals surface area contributed by atoms with Gasteiger partial charge in [0.2, 0.25) is 0 Å². The Morgan fingerprint density at radius 2 is 1.88 bits per heavy atom. The van der Waals surface area contributed by atoms with Crippen molar-refractivity contribution in [2.45, 2.75) is 6.54 Å². The van der Waals surface area contributed by atoms with Gasteiger partial charge in [-0.1, -0.05) is 18.2 Å². The van der Waals surface area contributed by atoms with E-state index in [2.05, 4.69) is 20.8 Å². The van der Waals surface area contributed by atoms with Crippen LogP contribution in [-0.2, 0) is 23.2 Å². The molecule has 8 nitrogen and oxygen atoms in total. The minimum atomic E-state index is -0.862. The zero-order valence-corrected chi connectivity index (χ0v) is 13.3. The highest BCUT2D eigenvalue weighted by atomic mass is 19.1. The summed E-state index contributed by atoms with van der Waals surface area (Å²) in [5.74, 6) is -1.79. The van der Waals surface area contributed by atoms with Gasteiger partial charge in [-0.3, -0.25) is 14.3 Å². The third-order valence-electron chi connectivity index (χ3n) is 3.41. The van der Waals surface area contributed by atoms with Crippen LogP contribution in [0.15, 0.2) is 48.9 Å². The highest BCUT2D eigenvalue weighted by Gasteiger charge is 2.17. The number of anilines is 2. The number of halogens is 1. The van der Waals surface area contributed by atoms with Crippen LogP contribution in [0.25, 0.3) is 0 Å². The number of carbonyl (C=O) groups is 2. The first kappa shape index (κ1) is 16.4. The molecule has 2 amide bonds. The third kappa shape index (κ3) is 3.89. The van der Waals surface area contributed by atoms with Gasteiger partial charge < -0.3 is 10.6 Å². The number of benzene rings is 1. The Balaban J connectivity index is 1.67. The molecule has 0 saturated carbocycles. The summed E-state index contributed by atoms with van der Waals surface area (Å²) in [6.07, 6.45) is 4.44. The van der Waals surface area contributed by atoms with Crippen LogP contribution in [0.3, 0.4) is 0 Å². The van der Waals surface area contributed by atoms with Crippen LogP contribution >= 0.6 is 0 Å². The van der Waals surface area contributed by atoms with Gasteiger partial charge in [0.05, 0.1) is 24.6 Å². The number of hydrogen-bond acceptors (Lipinski definition) is 4. The van der Waals surface area contributed by atoms with E-state index in [9.17, 15) is 14.0 Å². The Morgan fingerprint density at radius 3 is 2.60 bits per heavy atom. The Morgan fingerprint density at radius 1 is 1.12 bits per heavy atom. The van der Waals surface area contributed by atoms with Crippen LogP contribution < -0.4 is 10.6 Å². The van der Waals surface area contributed by atoms with Crippen molar-refractivity contribution in [1.29, 1.82) is 0 Å². The molecule has 0 saturated heterocycles. The smallest absolute Gasteiger partial charge is 0.315 e. The van der Waals surface area contributed by atoms with Crippen LogP contribution in [0.1, 0.15) is 5.56 Å². The molecule has 0 unspecified atom stereocenters. The van der Waals surface area contributed by atoms with Gasteiger partial charge in [0.15, 0.2) is 0 Å². The second kappa shape index (κ2) is 6.95. The van der Waals surface area contributed by atoms with E-state index in [0.717, 1.165) is 0 Å². The Kier molecular flexibility index (Phi) is 4.55. The van der Waals surface area contributed by atoms with E-state index in [4.69, 9.17) is 0 Å². The maximum absolute atomic E-state index is 13.7. The summed E-state index contributed by atoms with van der Waals surface area (Å²) in [6.45, 7) is 0.125. The number of nitrogens with one attached hydrogen (secondary N) is 2. The monoisotopic (exact) mass is 342 g/mol. The van der Waals surface area contributed by atoms with E-state index >= 15 is 0 Å². The average molecular weight is 342 g/mol. The van der Waals surface area contributed by atoms with Gasteiger partial charge in [0.1, 0.15) is 11.6 Å². The van der Waals surface area contributed by atoms with E-state index in [1.165, 1.54) is 33.9 Å². The SMILES string of the molecule is Cn1cc(NC(=O)C(=O)Nc2ccnn2Cc2ccccc2F)cn1. The summed E-state index contributed by atoms with van der Waals surface area (Å²) >= 11 is 0. The van der Waals surface area contributed by atoms with Crippen LogP contribution in [0.5, 0.6) is 0 Å². The fourth-order valence-electron chi connectivity index (χ4n) is 2.20. The zero-order chi connectivity index (χ0) is 17.8. The molecule has 128 valence electrons. The van der Waals surface area contributed by atoms with Crippen molar-refractivity contribution in [3.05, 3.63) is 60.3 Å². The molecule has 0 aliphatic carbocycles. The van der Waals surface area contributed by atoms with Gasteiger partial charge in [-0.25, -0.2) is 9.07 Å². The minimum absolute atomic E-state index is 0.125. The predicted molar refractivity (Wildman–Crippen MR) is 88.2 cm³/mol. The van der Waals surface area contributed by atoms with Crippen molar-refractivity contribution in [2.75, 3.05) is 10.6 Å². The molecule has 1 aromatic carbocycles. The molecule has 3 rings (SSSR count). The molecule has 0 fully saturated rings. The van der Waals surface area contributed by atoms with Gasteiger partial charge in [0, 0.05) is 24.9 Å². The maximum Gasteiger partial charge on any atom is 0.315 e. The molecule has 0 aliphatic rings. The first-order chi connectivity index (χ1) is 12.0. The number of rotatable bonds is 4. The molecule has 2 N–H and O–H groups in total. The first-order valence-electron chi connectivity index (χ1n) is 7.39. The number of aryl methyl sites for hydroxylation is 1. The third-order valence-corrected chi connectivity index (χ3v) is 3.41. The van der Waals surface area contributed by atoms with Crippen LogP contribution in [0.2, 0.25) is 0 Å². The molecule has 0 radical (unpaired) electrons. The predicted octanol–water partition coefficient (Wildman–Crippen LogP) is 1.38. The largest absolute Gasteiger partial charge is 0.315 e. The number of nitrogens with zero attached hydrogens (tertiary/aromatic N) is 4. The van der Waals surface area contributed by atoms with Gasteiger partial charge >= 0.3 is 11.8 Å². The fraction of sp³-hybridized carbons (Fsp3) is 0.125. The van der Waals surface area contributed by atoms with E-state index in [0.29, 0.717) is 11.3 Å². The van der Waals surface area contributed by atoms with Crippen molar-refractivity contribution in [1.82, 2.24) is 19.6 Å². The highest BCUT2D eigenvalue weighted by molar-refractivity contribution is 6.43. The van der Waals surface area contributed by atoms with E-state index in [1.807, 2.05) is 0 Å². The summed E-state index contributed by atoms with van der Waals surface area (Å²) in [7, 11) is 1.69. The molecule has 0 spiro atoms.